The minimum Gasteiger partial charge on any atom is -0.386 e. The molecule has 0 aromatic heterocycles. The third-order valence-corrected chi connectivity index (χ3v) is 6.84. The number of unbranched alkanes of at least 4 members (excludes halogenated alkanes) is 8. The molecule has 1 heterocycles. The van der Waals surface area contributed by atoms with Crippen molar-refractivity contribution in [3.05, 3.63) is 35.9 Å². The number of amides is 2. The number of nitrogens with one attached hydrogen (secondary N) is 2. The molecule has 0 aliphatic carbocycles. The van der Waals surface area contributed by atoms with E-state index in [1.807, 2.05) is 30.3 Å². The molecule has 1 aromatic rings. The number of ether oxygens (including phenoxy) is 1. The first kappa shape index (κ1) is 30.3. The smallest absolute Gasteiger partial charge is 0.220 e. The first-order valence-corrected chi connectivity index (χ1v) is 14.2. The molecule has 1 aliphatic rings. The van der Waals surface area contributed by atoms with Crippen molar-refractivity contribution in [3.8, 4) is 0 Å². The van der Waals surface area contributed by atoms with Crippen LogP contribution in [0.5, 0.6) is 0 Å². The zero-order chi connectivity index (χ0) is 25.8. The molecule has 36 heavy (non-hydrogen) atoms. The van der Waals surface area contributed by atoms with Gasteiger partial charge >= 0.3 is 0 Å². The molecule has 0 spiro atoms. The van der Waals surface area contributed by atoms with Crippen molar-refractivity contribution in [2.45, 2.75) is 96.1 Å². The largest absolute Gasteiger partial charge is 0.386 e. The van der Waals surface area contributed by atoms with Gasteiger partial charge in [0.1, 0.15) is 6.10 Å². The summed E-state index contributed by atoms with van der Waals surface area (Å²) in [4.78, 5) is 26.8. The van der Waals surface area contributed by atoms with Gasteiger partial charge in [0.15, 0.2) is 0 Å². The Balaban J connectivity index is 1.59. The fraction of sp³-hybridized carbons (Fsp3) is 0.724. The fourth-order valence-corrected chi connectivity index (χ4v) is 4.59. The molecule has 7 nitrogen and oxygen atoms in total. The maximum absolute atomic E-state index is 12.7. The molecule has 2 rings (SSSR count). The van der Waals surface area contributed by atoms with Gasteiger partial charge in [-0.1, -0.05) is 82.2 Å². The summed E-state index contributed by atoms with van der Waals surface area (Å²) in [5.41, 5.74) is 0.821. The van der Waals surface area contributed by atoms with Gasteiger partial charge in [-0.2, -0.15) is 0 Å². The van der Waals surface area contributed by atoms with Gasteiger partial charge in [-0.15, -0.1) is 0 Å². The molecule has 1 saturated heterocycles. The molecule has 1 aliphatic heterocycles. The van der Waals surface area contributed by atoms with Crippen molar-refractivity contribution < 1.29 is 19.4 Å². The summed E-state index contributed by atoms with van der Waals surface area (Å²) in [6, 6.07) is 9.20. The molecule has 204 valence electrons. The molecule has 1 fully saturated rings. The number of carbonyl (C=O) groups is 2. The molecule has 2 amide bonds. The maximum Gasteiger partial charge on any atom is 0.220 e. The van der Waals surface area contributed by atoms with E-state index in [2.05, 4.69) is 22.5 Å². The van der Waals surface area contributed by atoms with Crippen LogP contribution in [-0.4, -0.2) is 67.3 Å². The van der Waals surface area contributed by atoms with Gasteiger partial charge in [0.05, 0.1) is 19.3 Å². The van der Waals surface area contributed by atoms with E-state index >= 15 is 0 Å². The normalized spacial score (nSPS) is 15.8. The highest BCUT2D eigenvalue weighted by molar-refractivity contribution is 5.76. The molecular weight excluding hydrogens is 454 g/mol. The molecule has 0 bridgehead atoms. The summed E-state index contributed by atoms with van der Waals surface area (Å²) in [5, 5.41) is 17.1. The van der Waals surface area contributed by atoms with Crippen LogP contribution in [0.3, 0.4) is 0 Å². The Morgan fingerprint density at radius 3 is 2.17 bits per heavy atom. The lowest BCUT2D eigenvalue weighted by Crippen LogP contribution is -2.49. The Morgan fingerprint density at radius 1 is 0.889 bits per heavy atom. The van der Waals surface area contributed by atoms with Crippen LogP contribution in [0.1, 0.15) is 95.6 Å². The van der Waals surface area contributed by atoms with Crippen molar-refractivity contribution in [1.29, 1.82) is 0 Å². The summed E-state index contributed by atoms with van der Waals surface area (Å²) in [6.45, 7) is 6.60. The van der Waals surface area contributed by atoms with Crippen molar-refractivity contribution >= 4 is 11.8 Å². The number of morpholine rings is 1. The molecule has 7 heteroatoms. The number of carbonyl (C=O) groups excluding carboxylic acids is 2. The van der Waals surface area contributed by atoms with Crippen LogP contribution in [0.15, 0.2) is 30.3 Å². The minimum atomic E-state index is -0.744. The van der Waals surface area contributed by atoms with Crippen molar-refractivity contribution in [2.75, 3.05) is 39.4 Å². The SMILES string of the molecule is CCCCCCNC(=O)CCCCCCCCC(=O)N[C@@H](CN1CCOCC1)[C@@H](O)c1ccccc1. The minimum absolute atomic E-state index is 0.00107. The lowest BCUT2D eigenvalue weighted by atomic mass is 10.0. The van der Waals surface area contributed by atoms with Gasteiger partial charge < -0.3 is 20.5 Å². The fourth-order valence-electron chi connectivity index (χ4n) is 4.59. The van der Waals surface area contributed by atoms with Crippen molar-refractivity contribution in [2.24, 2.45) is 0 Å². The Hall–Kier alpha value is -1.96. The second kappa shape index (κ2) is 19.2. The van der Waals surface area contributed by atoms with E-state index in [1.165, 1.54) is 19.3 Å². The van der Waals surface area contributed by atoms with Gasteiger partial charge in [-0.05, 0) is 24.8 Å². The van der Waals surface area contributed by atoms with E-state index in [0.717, 1.165) is 70.1 Å². The van der Waals surface area contributed by atoms with Gasteiger partial charge in [0, 0.05) is 39.0 Å². The highest BCUT2D eigenvalue weighted by Crippen LogP contribution is 2.18. The van der Waals surface area contributed by atoms with E-state index in [0.29, 0.717) is 32.6 Å². The zero-order valence-electron chi connectivity index (χ0n) is 22.4. The van der Waals surface area contributed by atoms with E-state index < -0.39 is 6.10 Å². The van der Waals surface area contributed by atoms with E-state index in [4.69, 9.17) is 4.74 Å². The highest BCUT2D eigenvalue weighted by atomic mass is 16.5. The van der Waals surface area contributed by atoms with Gasteiger partial charge in [0.2, 0.25) is 11.8 Å². The molecule has 0 saturated carbocycles. The number of nitrogens with zero attached hydrogens (tertiary/aromatic N) is 1. The number of aliphatic hydroxyl groups excluding tert-OH is 1. The second-order valence-electron chi connectivity index (χ2n) is 9.97. The summed E-state index contributed by atoms with van der Waals surface area (Å²) < 4.78 is 5.44. The first-order chi connectivity index (χ1) is 17.6. The van der Waals surface area contributed by atoms with Crippen LogP contribution >= 0.6 is 0 Å². The molecule has 2 atom stereocenters. The van der Waals surface area contributed by atoms with E-state index in [9.17, 15) is 14.7 Å². The maximum atomic E-state index is 12.7. The first-order valence-electron chi connectivity index (χ1n) is 14.2. The van der Waals surface area contributed by atoms with Crippen molar-refractivity contribution in [3.63, 3.8) is 0 Å². The van der Waals surface area contributed by atoms with Crippen LogP contribution in [0.4, 0.5) is 0 Å². The molecular formula is C29H49N3O4. The number of benzene rings is 1. The summed E-state index contributed by atoms with van der Waals surface area (Å²) in [7, 11) is 0. The Morgan fingerprint density at radius 2 is 1.50 bits per heavy atom. The molecule has 0 radical (unpaired) electrons. The topological polar surface area (TPSA) is 90.9 Å². The van der Waals surface area contributed by atoms with Crippen molar-refractivity contribution in [1.82, 2.24) is 15.5 Å². The molecule has 0 unspecified atom stereocenters. The third kappa shape index (κ3) is 13.4. The quantitative estimate of drug-likeness (QED) is 0.244. The summed E-state index contributed by atoms with van der Waals surface area (Å²) >= 11 is 0. The van der Waals surface area contributed by atoms with Crippen LogP contribution < -0.4 is 10.6 Å². The number of hydrogen-bond acceptors (Lipinski definition) is 5. The summed E-state index contributed by atoms with van der Waals surface area (Å²) in [5.74, 6) is 0.173. The zero-order valence-corrected chi connectivity index (χ0v) is 22.4. The second-order valence-corrected chi connectivity index (χ2v) is 9.97. The van der Waals surface area contributed by atoms with Gasteiger partial charge in [-0.25, -0.2) is 0 Å². The predicted octanol–water partition coefficient (Wildman–Crippen LogP) is 4.35. The van der Waals surface area contributed by atoms with Crippen LogP contribution in [-0.2, 0) is 14.3 Å². The monoisotopic (exact) mass is 503 g/mol. The molecule has 3 N–H and O–H groups in total. The predicted molar refractivity (Wildman–Crippen MR) is 145 cm³/mol. The average molecular weight is 504 g/mol. The summed E-state index contributed by atoms with van der Waals surface area (Å²) in [6.07, 6.45) is 11.1. The highest BCUT2D eigenvalue weighted by Gasteiger charge is 2.26. The number of hydrogen-bond donors (Lipinski definition) is 3. The number of aliphatic hydroxyl groups is 1. The lowest BCUT2D eigenvalue weighted by Gasteiger charge is -2.33. The Labute approximate surface area is 218 Å². The third-order valence-electron chi connectivity index (χ3n) is 6.84. The van der Waals surface area contributed by atoms with Crippen LogP contribution in [0.2, 0.25) is 0 Å². The van der Waals surface area contributed by atoms with Crippen LogP contribution in [0, 0.1) is 0 Å². The van der Waals surface area contributed by atoms with E-state index in [-0.39, 0.29) is 17.9 Å². The lowest BCUT2D eigenvalue weighted by molar-refractivity contribution is -0.123. The van der Waals surface area contributed by atoms with Crippen LogP contribution in [0.25, 0.3) is 0 Å². The molecule has 1 aromatic carbocycles. The Kier molecular flexibility index (Phi) is 16.1. The van der Waals surface area contributed by atoms with Gasteiger partial charge in [-0.3, -0.25) is 14.5 Å². The Bertz CT molecular complexity index is 710. The van der Waals surface area contributed by atoms with Gasteiger partial charge in [0.25, 0.3) is 0 Å². The number of rotatable bonds is 19. The average Bonchev–Trinajstić information content (AvgIpc) is 2.90. The standard InChI is InChI=1S/C29H49N3O4/c1-2-3-4-14-19-30-27(33)17-12-7-5-6-8-13-18-28(34)31-26(24-32-20-22-36-23-21-32)29(35)25-15-10-9-11-16-25/h9-11,15-16,26,29,35H,2-8,12-14,17-24H2,1H3,(H,30,33)(H,31,34)/t26-,29-/m0/s1. The van der Waals surface area contributed by atoms with E-state index in [1.54, 1.807) is 0 Å².